The topological polar surface area (TPSA) is 157 Å². The van der Waals surface area contributed by atoms with Crippen molar-refractivity contribution in [2.45, 2.75) is 61.9 Å². The van der Waals surface area contributed by atoms with Gasteiger partial charge in [-0.2, -0.15) is 18.2 Å². The summed E-state index contributed by atoms with van der Waals surface area (Å²) in [5.74, 6) is -1.72. The van der Waals surface area contributed by atoms with Crippen molar-refractivity contribution in [2.75, 3.05) is 33.4 Å². The minimum absolute atomic E-state index is 0.0323. The standard InChI is InChI=1S/C41H41Cl2F2N3O10S/c1-54-33-12-10-28(59(52,53)46-38(26-5-3-2-4-6-26)40(50)57-37-22-47-15-13-25(37)14-16-47)18-30(33)39(49)56-35(19-29-31(42)20-48(51)21-32(29)43)27-9-11-34(58-41(44)45)36(17-27)55-23-24-7-8-24/h2-6,9-12,17-18,20-21,24-25,35,37-38,41,46H,7-8,13-16,19,22-23H2,1H3/t35-,37-,38?/m0/s1. The molecule has 4 heterocycles. The highest BCUT2D eigenvalue weighted by Crippen LogP contribution is 2.39. The minimum atomic E-state index is -4.54. The number of hydrogen-bond acceptors (Lipinski definition) is 11. The molecule has 1 unspecified atom stereocenters. The van der Waals surface area contributed by atoms with Crippen LogP contribution in [0.25, 0.3) is 0 Å². The third-order valence-corrected chi connectivity index (χ3v) is 12.7. The third-order valence-electron chi connectivity index (χ3n) is 10.6. The van der Waals surface area contributed by atoms with Crippen LogP contribution in [0.3, 0.4) is 0 Å². The average Bonchev–Trinajstić information content (AvgIpc) is 4.05. The first-order chi connectivity index (χ1) is 28.3. The van der Waals surface area contributed by atoms with Crippen molar-refractivity contribution in [1.29, 1.82) is 0 Å². The van der Waals surface area contributed by atoms with E-state index in [1.807, 2.05) is 0 Å². The van der Waals surface area contributed by atoms with Crippen molar-refractivity contribution >= 4 is 45.2 Å². The fourth-order valence-electron chi connectivity index (χ4n) is 7.25. The summed E-state index contributed by atoms with van der Waals surface area (Å²) in [6.45, 7) is -0.502. The molecule has 4 aromatic rings. The summed E-state index contributed by atoms with van der Waals surface area (Å²) in [4.78, 5) is 29.8. The molecule has 1 saturated carbocycles. The summed E-state index contributed by atoms with van der Waals surface area (Å²) in [5.41, 5.74) is 0.506. The van der Waals surface area contributed by atoms with Crippen molar-refractivity contribution < 1.29 is 55.2 Å². The Morgan fingerprint density at radius 1 is 0.932 bits per heavy atom. The molecular weight excluding hydrogens is 835 g/mol. The summed E-state index contributed by atoms with van der Waals surface area (Å²) in [6, 6.07) is 14.4. The highest BCUT2D eigenvalue weighted by molar-refractivity contribution is 7.89. The van der Waals surface area contributed by atoms with Gasteiger partial charge in [-0.3, -0.25) is 4.90 Å². The molecule has 3 aliphatic heterocycles. The minimum Gasteiger partial charge on any atom is -0.619 e. The summed E-state index contributed by atoms with van der Waals surface area (Å²) in [7, 11) is -3.26. The van der Waals surface area contributed by atoms with E-state index in [2.05, 4.69) is 9.62 Å². The molecule has 13 nitrogen and oxygen atoms in total. The van der Waals surface area contributed by atoms with Crippen molar-refractivity contribution in [1.82, 2.24) is 9.62 Å². The van der Waals surface area contributed by atoms with E-state index >= 15 is 0 Å². The number of hydrogen-bond donors (Lipinski definition) is 1. The van der Waals surface area contributed by atoms with E-state index in [0.29, 0.717) is 16.8 Å². The number of nitrogens with zero attached hydrogens (tertiary/aromatic N) is 2. The second-order valence-electron chi connectivity index (χ2n) is 14.7. The molecule has 0 radical (unpaired) electrons. The molecule has 59 heavy (non-hydrogen) atoms. The van der Waals surface area contributed by atoms with Crippen LogP contribution in [-0.2, 0) is 30.7 Å². The maximum Gasteiger partial charge on any atom is 0.387 e. The van der Waals surface area contributed by atoms with E-state index < -0.39 is 45.6 Å². The number of nitrogens with one attached hydrogen (secondary N) is 1. The highest BCUT2D eigenvalue weighted by atomic mass is 35.5. The van der Waals surface area contributed by atoms with Gasteiger partial charge in [0.1, 0.15) is 39.6 Å². The van der Waals surface area contributed by atoms with Crippen molar-refractivity contribution in [3.05, 3.63) is 117 Å². The van der Waals surface area contributed by atoms with Crippen LogP contribution in [0.5, 0.6) is 17.2 Å². The molecule has 8 rings (SSSR count). The van der Waals surface area contributed by atoms with Gasteiger partial charge in [-0.25, -0.2) is 18.0 Å². The van der Waals surface area contributed by atoms with E-state index in [9.17, 15) is 32.0 Å². The van der Waals surface area contributed by atoms with Gasteiger partial charge in [0.15, 0.2) is 23.9 Å². The molecule has 3 saturated heterocycles. The van der Waals surface area contributed by atoms with Gasteiger partial charge in [0.2, 0.25) is 10.0 Å². The zero-order valence-corrected chi connectivity index (χ0v) is 34.1. The molecule has 2 bridgehead atoms. The number of piperidine rings is 3. The number of halogens is 4. The van der Waals surface area contributed by atoms with Gasteiger partial charge >= 0.3 is 18.6 Å². The van der Waals surface area contributed by atoms with Gasteiger partial charge in [-0.1, -0.05) is 59.6 Å². The number of aromatic nitrogens is 1. The second kappa shape index (κ2) is 18.3. The fraction of sp³-hybridized carbons (Fsp3) is 0.390. The van der Waals surface area contributed by atoms with Crippen LogP contribution in [0.1, 0.15) is 64.9 Å². The highest BCUT2D eigenvalue weighted by Gasteiger charge is 2.39. The Morgan fingerprint density at radius 3 is 2.25 bits per heavy atom. The van der Waals surface area contributed by atoms with Crippen LogP contribution in [0.4, 0.5) is 8.78 Å². The molecule has 4 fully saturated rings. The molecule has 3 aromatic carbocycles. The molecular formula is C41H41Cl2F2N3O10S. The first-order valence-corrected chi connectivity index (χ1v) is 21.2. The van der Waals surface area contributed by atoms with E-state index in [1.54, 1.807) is 30.3 Å². The normalized spacial score (nSPS) is 19.8. The molecule has 18 heteroatoms. The second-order valence-corrected chi connectivity index (χ2v) is 17.2. The molecule has 1 aliphatic carbocycles. The smallest absolute Gasteiger partial charge is 0.387 e. The fourth-order valence-corrected chi connectivity index (χ4v) is 9.05. The summed E-state index contributed by atoms with van der Waals surface area (Å²) >= 11 is 12.8. The Labute approximate surface area is 349 Å². The quantitative estimate of drug-likeness (QED) is 0.0675. The summed E-state index contributed by atoms with van der Waals surface area (Å²) in [5, 5.41) is 11.9. The number of ether oxygens (including phenoxy) is 5. The molecule has 0 spiro atoms. The van der Waals surface area contributed by atoms with Gasteiger partial charge in [-0.15, -0.1) is 0 Å². The Kier molecular flexibility index (Phi) is 13.1. The lowest BCUT2D eigenvalue weighted by molar-refractivity contribution is -0.605. The van der Waals surface area contributed by atoms with Gasteiger partial charge in [0.25, 0.3) is 0 Å². The molecule has 0 amide bonds. The van der Waals surface area contributed by atoms with Crippen molar-refractivity contribution in [3.63, 3.8) is 0 Å². The molecule has 3 atom stereocenters. The predicted octanol–water partition coefficient (Wildman–Crippen LogP) is 6.82. The molecule has 314 valence electrons. The Morgan fingerprint density at radius 2 is 1.63 bits per heavy atom. The summed E-state index contributed by atoms with van der Waals surface area (Å²) < 4.78 is 85.8. The van der Waals surface area contributed by atoms with Crippen LogP contribution >= 0.6 is 23.2 Å². The van der Waals surface area contributed by atoms with Crippen LogP contribution < -0.4 is 23.7 Å². The van der Waals surface area contributed by atoms with E-state index in [0.717, 1.165) is 57.2 Å². The number of sulfonamides is 1. The molecule has 1 aromatic heterocycles. The van der Waals surface area contributed by atoms with Gasteiger partial charge in [0.05, 0.1) is 18.6 Å². The third kappa shape index (κ3) is 10.4. The van der Waals surface area contributed by atoms with Gasteiger partial charge < -0.3 is 28.9 Å². The Hall–Kier alpha value is -4.74. The maximum absolute atomic E-state index is 14.2. The van der Waals surface area contributed by atoms with Crippen LogP contribution in [0.2, 0.25) is 10.0 Å². The number of alkyl halides is 2. The number of carbonyl (C=O) groups is 2. The zero-order chi connectivity index (χ0) is 41.8. The molecule has 4 aliphatic rings. The first kappa shape index (κ1) is 42.4. The number of pyridine rings is 1. The van der Waals surface area contributed by atoms with Crippen molar-refractivity contribution in [2.24, 2.45) is 11.8 Å². The Bertz CT molecular complexity index is 2260. The lowest BCUT2D eigenvalue weighted by Crippen LogP contribution is -2.52. The van der Waals surface area contributed by atoms with Crippen LogP contribution in [-0.4, -0.2) is 71.3 Å². The van der Waals surface area contributed by atoms with Crippen LogP contribution in [0.15, 0.2) is 84.0 Å². The van der Waals surface area contributed by atoms with Gasteiger partial charge in [-0.05, 0) is 92.1 Å². The van der Waals surface area contributed by atoms with Crippen molar-refractivity contribution in [3.8, 4) is 17.2 Å². The van der Waals surface area contributed by atoms with Gasteiger partial charge in [0, 0.05) is 18.5 Å². The predicted molar refractivity (Wildman–Crippen MR) is 210 cm³/mol. The number of benzene rings is 3. The number of fused-ring (bicyclic) bond motifs is 3. The lowest BCUT2D eigenvalue weighted by atomic mass is 9.86. The largest absolute Gasteiger partial charge is 0.619 e. The number of rotatable bonds is 17. The number of esters is 2. The van der Waals surface area contributed by atoms with E-state index in [-0.39, 0.29) is 75.0 Å². The average molecular weight is 877 g/mol. The maximum atomic E-state index is 14.2. The number of methoxy groups -OCH3 is 1. The lowest BCUT2D eigenvalue weighted by Gasteiger charge is -2.44. The van der Waals surface area contributed by atoms with Crippen LogP contribution in [0, 0.1) is 17.0 Å². The molecule has 1 N–H and O–H groups in total. The number of carbonyl (C=O) groups excluding carboxylic acids is 2. The van der Waals surface area contributed by atoms with E-state index in [1.165, 1.54) is 37.4 Å². The SMILES string of the molecule is COc1ccc(S(=O)(=O)NC(C(=O)O[C@H]2CN3CCC2CC3)c2ccccc2)cc1C(=O)O[C@@H](Cc1c(Cl)c[n+]([O-])cc1Cl)c1ccc(OC(F)F)c(OCC2CC2)c1. The van der Waals surface area contributed by atoms with E-state index in [4.69, 9.17) is 46.9 Å². The monoisotopic (exact) mass is 875 g/mol. The summed E-state index contributed by atoms with van der Waals surface area (Å²) in [6.07, 6.45) is 3.84. The zero-order valence-electron chi connectivity index (χ0n) is 31.7. The first-order valence-electron chi connectivity index (χ1n) is 18.9. The Balaban J connectivity index is 1.19.